The lowest BCUT2D eigenvalue weighted by molar-refractivity contribution is -0.137. The third kappa shape index (κ3) is 8.73. The first-order valence-corrected chi connectivity index (χ1v) is 14.4. The smallest absolute Gasteiger partial charge is 0.317 e. The van der Waals surface area contributed by atoms with Crippen LogP contribution in [0.25, 0.3) is 22.2 Å². The van der Waals surface area contributed by atoms with Crippen molar-refractivity contribution in [3.8, 4) is 28.4 Å². The van der Waals surface area contributed by atoms with Crippen LogP contribution in [0.15, 0.2) is 67.4 Å². The van der Waals surface area contributed by atoms with Gasteiger partial charge in [-0.25, -0.2) is 24.3 Å². The van der Waals surface area contributed by atoms with E-state index in [9.17, 15) is 9.18 Å². The van der Waals surface area contributed by atoms with Crippen molar-refractivity contribution in [1.82, 2.24) is 29.4 Å². The van der Waals surface area contributed by atoms with Crippen molar-refractivity contribution in [2.75, 3.05) is 26.4 Å². The highest BCUT2D eigenvalue weighted by Gasteiger charge is 2.16. The number of hydrogen-bond donors (Lipinski definition) is 2. The van der Waals surface area contributed by atoms with E-state index in [-0.39, 0.29) is 25.1 Å². The Morgan fingerprint density at radius 3 is 2.22 bits per heavy atom. The number of nitrogens with two attached hydrogens (primary N) is 1. The number of anilines is 1. The quantitative estimate of drug-likeness (QED) is 0.183. The van der Waals surface area contributed by atoms with Gasteiger partial charge in [0.2, 0.25) is 0 Å². The van der Waals surface area contributed by atoms with E-state index in [2.05, 4.69) is 38.4 Å². The second kappa shape index (κ2) is 14.6. The monoisotopic (exact) mass is 615 g/mol. The van der Waals surface area contributed by atoms with Crippen molar-refractivity contribution in [3.05, 3.63) is 84.6 Å². The van der Waals surface area contributed by atoms with Crippen molar-refractivity contribution in [2.45, 2.75) is 46.3 Å². The lowest BCUT2D eigenvalue weighted by Gasteiger charge is -2.11. The van der Waals surface area contributed by atoms with E-state index in [1.807, 2.05) is 44.3 Å². The number of nitrogens with zero attached hydrogens (tertiary/aromatic N) is 6. The van der Waals surface area contributed by atoms with Crippen LogP contribution in [0.5, 0.6) is 17.2 Å². The Hall–Kier alpha value is -5.10. The number of aromatic nitrogens is 5. The summed E-state index contributed by atoms with van der Waals surface area (Å²) in [5.41, 5.74) is 9.66. The van der Waals surface area contributed by atoms with Gasteiger partial charge in [0.1, 0.15) is 53.3 Å². The summed E-state index contributed by atoms with van der Waals surface area (Å²) in [6, 6.07) is 12.0. The summed E-state index contributed by atoms with van der Waals surface area (Å²) in [6.45, 7) is 8.57. The minimum absolute atomic E-state index is 0.111. The third-order valence-corrected chi connectivity index (χ3v) is 6.54. The van der Waals surface area contributed by atoms with E-state index in [4.69, 9.17) is 20.3 Å². The van der Waals surface area contributed by atoms with Crippen LogP contribution in [0.4, 0.5) is 10.2 Å². The summed E-state index contributed by atoms with van der Waals surface area (Å²) in [4.78, 5) is 28.7. The summed E-state index contributed by atoms with van der Waals surface area (Å²) in [5.74, 6) is 1.43. The van der Waals surface area contributed by atoms with Gasteiger partial charge in [-0.05, 0) is 45.6 Å². The summed E-state index contributed by atoms with van der Waals surface area (Å²) in [5, 5.41) is 8.85. The van der Waals surface area contributed by atoms with E-state index in [0.29, 0.717) is 23.1 Å². The summed E-state index contributed by atoms with van der Waals surface area (Å²) in [7, 11) is 3.43. The minimum Gasteiger partial charge on any atom is -0.489 e. The normalized spacial score (nSPS) is 11.2. The standard InChI is InChI=1S/C29H29FN6O2.C4H9NO2/c1-17(2)28-32-12-19(13-33-28)15-37-23-9-21(30)10-24(11-23)38-22-7-5-20(6-8-22)25-14-36(18(3)4)29-26(25)27(31)34-16-35-29;1-5(2)3-4(6)7/h5-14,16-18H,15H2,1-4H3,(H2,31,34,35);3H2,1-2H3,(H,6,7). The molecule has 0 atom stereocenters. The molecule has 12 heteroatoms. The first-order chi connectivity index (χ1) is 21.4. The topological polar surface area (TPSA) is 142 Å². The molecule has 0 aliphatic carbocycles. The molecule has 3 N–H and O–H groups in total. The molecule has 2 aromatic carbocycles. The number of likely N-dealkylation sites (N-methyl/N-ethyl adjacent to an activating group) is 1. The van der Waals surface area contributed by atoms with Crippen molar-refractivity contribution < 1.29 is 23.8 Å². The van der Waals surface area contributed by atoms with Gasteiger partial charge in [0.25, 0.3) is 0 Å². The van der Waals surface area contributed by atoms with Gasteiger partial charge in [0.05, 0.1) is 11.9 Å². The molecule has 3 aromatic heterocycles. The van der Waals surface area contributed by atoms with E-state index in [0.717, 1.165) is 33.5 Å². The average molecular weight is 616 g/mol. The minimum atomic E-state index is -0.787. The van der Waals surface area contributed by atoms with Crippen LogP contribution >= 0.6 is 0 Å². The van der Waals surface area contributed by atoms with E-state index in [1.165, 1.54) is 18.5 Å². The van der Waals surface area contributed by atoms with Crippen molar-refractivity contribution in [3.63, 3.8) is 0 Å². The molecule has 11 nitrogen and oxygen atoms in total. The van der Waals surface area contributed by atoms with Gasteiger partial charge >= 0.3 is 5.97 Å². The molecule has 0 amide bonds. The molecule has 0 saturated heterocycles. The van der Waals surface area contributed by atoms with Crippen LogP contribution in [-0.4, -0.2) is 61.1 Å². The molecule has 0 bridgehead atoms. The number of benzene rings is 2. The Kier molecular flexibility index (Phi) is 10.6. The Balaban J connectivity index is 0.000000591. The molecule has 5 rings (SSSR count). The number of hydrogen-bond acceptors (Lipinski definition) is 9. The van der Waals surface area contributed by atoms with Gasteiger partial charge in [-0.15, -0.1) is 0 Å². The fraction of sp³-hybridized carbons (Fsp3) is 0.303. The molecule has 0 spiro atoms. The Morgan fingerprint density at radius 1 is 0.978 bits per heavy atom. The summed E-state index contributed by atoms with van der Waals surface area (Å²) < 4.78 is 28.1. The number of nitrogen functional groups attached to an aromatic ring is 1. The van der Waals surface area contributed by atoms with Crippen LogP contribution in [0, 0.1) is 5.82 Å². The van der Waals surface area contributed by atoms with Gasteiger partial charge in [0.15, 0.2) is 0 Å². The number of aliphatic carboxylic acids is 1. The third-order valence-electron chi connectivity index (χ3n) is 6.54. The van der Waals surface area contributed by atoms with Crippen LogP contribution < -0.4 is 15.2 Å². The molecule has 0 fully saturated rings. The maximum atomic E-state index is 14.3. The van der Waals surface area contributed by atoms with Gasteiger partial charge in [-0.3, -0.25) is 9.69 Å². The van der Waals surface area contributed by atoms with E-state index >= 15 is 0 Å². The van der Waals surface area contributed by atoms with E-state index in [1.54, 1.807) is 37.5 Å². The first-order valence-electron chi connectivity index (χ1n) is 14.4. The number of carboxylic acids is 1. The lowest BCUT2D eigenvalue weighted by atomic mass is 10.1. The van der Waals surface area contributed by atoms with Crippen molar-refractivity contribution in [2.24, 2.45) is 0 Å². The molecule has 0 aliphatic heterocycles. The number of carboxylic acid groups (broad SMARTS) is 1. The predicted molar refractivity (Wildman–Crippen MR) is 171 cm³/mol. The van der Waals surface area contributed by atoms with Gasteiger partial charge in [0, 0.05) is 59.9 Å². The van der Waals surface area contributed by atoms with E-state index < -0.39 is 11.8 Å². The average Bonchev–Trinajstić information content (AvgIpc) is 3.37. The number of halogens is 1. The molecule has 0 unspecified atom stereocenters. The lowest BCUT2D eigenvalue weighted by Crippen LogP contribution is -2.20. The fourth-order valence-corrected chi connectivity index (χ4v) is 4.41. The van der Waals surface area contributed by atoms with Crippen molar-refractivity contribution in [1.29, 1.82) is 0 Å². The number of rotatable bonds is 10. The Bertz CT molecular complexity index is 1740. The molecule has 0 radical (unpaired) electrons. The van der Waals surface area contributed by atoms with Crippen LogP contribution in [-0.2, 0) is 11.4 Å². The number of carbonyl (C=O) groups is 1. The van der Waals surface area contributed by atoms with Crippen LogP contribution in [0.1, 0.15) is 51.0 Å². The van der Waals surface area contributed by atoms with Crippen LogP contribution in [0.2, 0.25) is 0 Å². The fourth-order valence-electron chi connectivity index (χ4n) is 4.41. The van der Waals surface area contributed by atoms with Crippen LogP contribution in [0.3, 0.4) is 0 Å². The molecule has 3 heterocycles. The maximum absolute atomic E-state index is 14.3. The highest BCUT2D eigenvalue weighted by molar-refractivity contribution is 6.00. The number of fused-ring (bicyclic) bond motifs is 1. The zero-order valence-electron chi connectivity index (χ0n) is 26.2. The number of ether oxygens (including phenoxy) is 2. The van der Waals surface area contributed by atoms with Crippen molar-refractivity contribution >= 4 is 22.8 Å². The Morgan fingerprint density at radius 2 is 1.64 bits per heavy atom. The molecule has 45 heavy (non-hydrogen) atoms. The molecular weight excluding hydrogens is 577 g/mol. The molecule has 5 aromatic rings. The zero-order chi connectivity index (χ0) is 32.7. The molecule has 0 saturated carbocycles. The molecule has 236 valence electrons. The predicted octanol–water partition coefficient (Wildman–Crippen LogP) is 6.32. The zero-order valence-corrected chi connectivity index (χ0v) is 26.2. The van der Waals surface area contributed by atoms with Gasteiger partial charge < -0.3 is 24.9 Å². The molecule has 0 aliphatic rings. The van der Waals surface area contributed by atoms with Gasteiger partial charge in [-0.1, -0.05) is 26.0 Å². The maximum Gasteiger partial charge on any atom is 0.317 e. The largest absolute Gasteiger partial charge is 0.489 e. The molecular formula is C33H38FN7O4. The Labute approximate surface area is 261 Å². The second-order valence-corrected chi connectivity index (χ2v) is 11.3. The highest BCUT2D eigenvalue weighted by atomic mass is 19.1. The summed E-state index contributed by atoms with van der Waals surface area (Å²) >= 11 is 0. The second-order valence-electron chi connectivity index (χ2n) is 11.3. The SMILES string of the molecule is CC(C)c1ncc(COc2cc(F)cc(Oc3ccc(-c4cn(C(C)C)c5ncnc(N)c45)cc3)c2)cn1.CN(C)CC(=O)O. The highest BCUT2D eigenvalue weighted by Crippen LogP contribution is 2.35. The van der Waals surface area contributed by atoms with Gasteiger partial charge in [-0.2, -0.15) is 0 Å². The summed E-state index contributed by atoms with van der Waals surface area (Å²) in [6.07, 6.45) is 6.95. The first kappa shape index (κ1) is 32.8.